The van der Waals surface area contributed by atoms with Crippen LogP contribution in [0.1, 0.15) is 37.6 Å². The van der Waals surface area contributed by atoms with Gasteiger partial charge in [-0.25, -0.2) is 4.98 Å². The molecule has 20 heavy (non-hydrogen) atoms. The van der Waals surface area contributed by atoms with Gasteiger partial charge in [-0.1, -0.05) is 19.4 Å². The van der Waals surface area contributed by atoms with Crippen LogP contribution < -0.4 is 0 Å². The van der Waals surface area contributed by atoms with Gasteiger partial charge in [0.25, 0.3) is 0 Å². The Hall–Kier alpha value is -1.68. The number of fused-ring (bicyclic) bond motifs is 1. The monoisotopic (exact) mass is 271 g/mol. The van der Waals surface area contributed by atoms with Gasteiger partial charge in [0.2, 0.25) is 0 Å². The Bertz CT molecular complexity index is 617. The van der Waals surface area contributed by atoms with E-state index in [0.717, 1.165) is 42.5 Å². The minimum absolute atomic E-state index is 0.194. The van der Waals surface area contributed by atoms with Crippen molar-refractivity contribution in [2.75, 3.05) is 0 Å². The number of hydrogen-bond donors (Lipinski definition) is 2. The molecule has 0 spiro atoms. The predicted octanol–water partition coefficient (Wildman–Crippen LogP) is 2.86. The second-order valence-corrected chi connectivity index (χ2v) is 5.54. The number of benzene rings is 1. The Labute approximate surface area is 119 Å². The summed E-state index contributed by atoms with van der Waals surface area (Å²) in [7, 11) is 0. The minimum Gasteiger partial charge on any atom is -0.392 e. The molecule has 0 radical (unpaired) electrons. The number of aliphatic hydroxyl groups is 1. The highest BCUT2D eigenvalue weighted by Crippen LogP contribution is 2.24. The maximum Gasteiger partial charge on any atom is 0.106 e. The average molecular weight is 271 g/mol. The summed E-state index contributed by atoms with van der Waals surface area (Å²) in [6, 6.07) is 6.23. The first kappa shape index (κ1) is 13.3. The molecule has 4 nitrogen and oxygen atoms in total. The fourth-order valence-electron chi connectivity index (χ4n) is 2.81. The van der Waals surface area contributed by atoms with Crippen molar-refractivity contribution in [1.82, 2.24) is 9.97 Å². The fourth-order valence-corrected chi connectivity index (χ4v) is 2.81. The highest BCUT2D eigenvalue weighted by atomic mass is 16.3. The molecule has 2 N–H and O–H groups in total. The molecule has 1 aliphatic carbocycles. The smallest absolute Gasteiger partial charge is 0.106 e. The van der Waals surface area contributed by atoms with Gasteiger partial charge in [0.15, 0.2) is 0 Å². The number of aliphatic imine (C=N–C) groups is 1. The van der Waals surface area contributed by atoms with Crippen molar-refractivity contribution < 1.29 is 5.11 Å². The zero-order valence-corrected chi connectivity index (χ0v) is 11.8. The lowest BCUT2D eigenvalue weighted by Crippen LogP contribution is -2.13. The lowest BCUT2D eigenvalue weighted by molar-refractivity contribution is 0.162. The van der Waals surface area contributed by atoms with Crippen molar-refractivity contribution in [3.05, 3.63) is 29.6 Å². The summed E-state index contributed by atoms with van der Waals surface area (Å²) in [5.74, 6) is 1.27. The molecule has 1 aromatic carbocycles. The van der Waals surface area contributed by atoms with Crippen molar-refractivity contribution in [2.24, 2.45) is 10.9 Å². The molecule has 2 aromatic rings. The minimum atomic E-state index is -0.194. The van der Waals surface area contributed by atoms with Gasteiger partial charge in [-0.05, 0) is 30.5 Å². The van der Waals surface area contributed by atoms with Crippen molar-refractivity contribution in [2.45, 2.75) is 45.3 Å². The van der Waals surface area contributed by atoms with Crippen LogP contribution >= 0.6 is 0 Å². The van der Waals surface area contributed by atoms with E-state index in [9.17, 15) is 5.11 Å². The number of aromatic nitrogens is 2. The number of H-pyrrole nitrogens is 1. The van der Waals surface area contributed by atoms with Gasteiger partial charge >= 0.3 is 0 Å². The van der Waals surface area contributed by atoms with Crippen molar-refractivity contribution >= 4 is 17.2 Å². The number of imidazole rings is 1. The van der Waals surface area contributed by atoms with E-state index in [1.165, 1.54) is 5.56 Å². The van der Waals surface area contributed by atoms with Crippen molar-refractivity contribution in [3.63, 3.8) is 0 Å². The van der Waals surface area contributed by atoms with Crippen LogP contribution in [-0.2, 0) is 13.0 Å². The third-order valence-corrected chi connectivity index (χ3v) is 4.03. The van der Waals surface area contributed by atoms with Crippen molar-refractivity contribution in [1.29, 1.82) is 0 Å². The topological polar surface area (TPSA) is 61.3 Å². The van der Waals surface area contributed by atoms with E-state index in [2.05, 4.69) is 34.0 Å². The molecule has 1 aliphatic rings. The Morgan fingerprint density at radius 3 is 3.10 bits per heavy atom. The van der Waals surface area contributed by atoms with Crippen LogP contribution in [0.3, 0.4) is 0 Å². The highest BCUT2D eigenvalue weighted by Gasteiger charge is 2.22. The summed E-state index contributed by atoms with van der Waals surface area (Å²) in [5, 5.41) is 9.75. The standard InChI is InChI=1S/C16H21N3O/c1-2-16-18-13-7-6-11(8-14(13)19-16)9-17-10-12-4-3-5-15(12)20/h6-8,10,12,15,20H,2-5,9H2,1H3,(H,18,19)/t12?,15-/m0/s1. The summed E-state index contributed by atoms with van der Waals surface area (Å²) in [4.78, 5) is 12.3. The first-order chi connectivity index (χ1) is 9.76. The number of aromatic amines is 1. The third-order valence-electron chi connectivity index (χ3n) is 4.03. The van der Waals surface area contributed by atoms with Gasteiger partial charge in [0.05, 0.1) is 23.7 Å². The number of nitrogens with zero attached hydrogens (tertiary/aromatic N) is 2. The molecular weight excluding hydrogens is 250 g/mol. The SMILES string of the molecule is CCc1nc2ccc(CN=CC3CCC[C@@H]3O)cc2[nH]1. The van der Waals surface area contributed by atoms with Crippen molar-refractivity contribution in [3.8, 4) is 0 Å². The molecule has 106 valence electrons. The van der Waals surface area contributed by atoms with E-state index in [0.29, 0.717) is 6.54 Å². The Morgan fingerprint density at radius 1 is 1.45 bits per heavy atom. The van der Waals surface area contributed by atoms with E-state index >= 15 is 0 Å². The molecule has 2 atom stereocenters. The molecule has 1 heterocycles. The number of aliphatic hydroxyl groups excluding tert-OH is 1. The molecule has 0 saturated heterocycles. The van der Waals surface area contributed by atoms with Crippen LogP contribution in [0.25, 0.3) is 11.0 Å². The summed E-state index contributed by atoms with van der Waals surface area (Å²) in [6.45, 7) is 2.76. The summed E-state index contributed by atoms with van der Waals surface area (Å²) < 4.78 is 0. The number of nitrogens with one attached hydrogen (secondary N) is 1. The van der Waals surface area contributed by atoms with Crippen LogP contribution in [0.15, 0.2) is 23.2 Å². The maximum absolute atomic E-state index is 9.75. The van der Waals surface area contributed by atoms with E-state index in [1.54, 1.807) is 0 Å². The average Bonchev–Trinajstić information content (AvgIpc) is 3.04. The third kappa shape index (κ3) is 2.75. The molecule has 1 unspecified atom stereocenters. The molecule has 0 aliphatic heterocycles. The van der Waals surface area contributed by atoms with Crippen LogP contribution in [0.4, 0.5) is 0 Å². The highest BCUT2D eigenvalue weighted by molar-refractivity contribution is 5.76. The molecule has 3 rings (SSSR count). The molecular formula is C16H21N3O. The lowest BCUT2D eigenvalue weighted by Gasteiger charge is -2.07. The Morgan fingerprint density at radius 2 is 2.35 bits per heavy atom. The van der Waals surface area contributed by atoms with Gasteiger partial charge in [-0.15, -0.1) is 0 Å². The summed E-state index contributed by atoms with van der Waals surface area (Å²) >= 11 is 0. The molecule has 0 bridgehead atoms. The fraction of sp³-hybridized carbons (Fsp3) is 0.500. The first-order valence-electron chi connectivity index (χ1n) is 7.42. The largest absolute Gasteiger partial charge is 0.392 e. The van der Waals surface area contributed by atoms with Crippen LogP contribution in [0, 0.1) is 5.92 Å². The summed E-state index contributed by atoms with van der Waals surface area (Å²) in [6.07, 6.45) is 5.74. The zero-order chi connectivity index (χ0) is 13.9. The van der Waals surface area contributed by atoms with Crippen LogP contribution in [0.5, 0.6) is 0 Å². The van der Waals surface area contributed by atoms with Gasteiger partial charge in [-0.2, -0.15) is 0 Å². The molecule has 0 amide bonds. The van der Waals surface area contributed by atoms with Gasteiger partial charge in [0, 0.05) is 18.6 Å². The molecule has 1 saturated carbocycles. The predicted molar refractivity (Wildman–Crippen MR) is 81.0 cm³/mol. The van der Waals surface area contributed by atoms with E-state index in [4.69, 9.17) is 0 Å². The summed E-state index contributed by atoms with van der Waals surface area (Å²) in [5.41, 5.74) is 3.27. The van der Waals surface area contributed by atoms with Crippen LogP contribution in [0.2, 0.25) is 0 Å². The van der Waals surface area contributed by atoms with Gasteiger partial charge < -0.3 is 10.1 Å². The second-order valence-electron chi connectivity index (χ2n) is 5.54. The number of rotatable bonds is 4. The van der Waals surface area contributed by atoms with E-state index < -0.39 is 0 Å². The normalized spacial score (nSPS) is 23.1. The van der Waals surface area contributed by atoms with Gasteiger partial charge in [-0.3, -0.25) is 4.99 Å². The molecule has 4 heteroatoms. The molecule has 1 aromatic heterocycles. The van der Waals surface area contributed by atoms with Crippen LogP contribution in [-0.4, -0.2) is 27.4 Å². The maximum atomic E-state index is 9.75. The lowest BCUT2D eigenvalue weighted by atomic mass is 10.1. The number of aryl methyl sites for hydroxylation is 1. The number of hydrogen-bond acceptors (Lipinski definition) is 3. The first-order valence-corrected chi connectivity index (χ1v) is 7.42. The Balaban J connectivity index is 1.69. The Kier molecular flexibility index (Phi) is 3.83. The van der Waals surface area contributed by atoms with E-state index in [1.807, 2.05) is 12.3 Å². The van der Waals surface area contributed by atoms with Gasteiger partial charge in [0.1, 0.15) is 5.82 Å². The zero-order valence-electron chi connectivity index (χ0n) is 11.8. The second kappa shape index (κ2) is 5.75. The molecule has 1 fully saturated rings. The van der Waals surface area contributed by atoms with E-state index in [-0.39, 0.29) is 12.0 Å². The quantitative estimate of drug-likeness (QED) is 0.840.